The Morgan fingerprint density at radius 3 is 2.25 bits per heavy atom. The molecule has 20 heavy (non-hydrogen) atoms. The highest BCUT2D eigenvalue weighted by molar-refractivity contribution is 7.89. The summed E-state index contributed by atoms with van der Waals surface area (Å²) in [6.45, 7) is 2.40. The van der Waals surface area contributed by atoms with Crippen LogP contribution in [0.25, 0.3) is 0 Å². The van der Waals surface area contributed by atoms with Crippen LogP contribution in [0, 0.1) is 0 Å². The molecule has 1 aliphatic rings. The summed E-state index contributed by atoms with van der Waals surface area (Å²) in [5.74, 6) is -0.829. The molecule has 0 bridgehead atoms. The second-order valence-corrected chi connectivity index (χ2v) is 6.64. The maximum atomic E-state index is 12.4. The lowest BCUT2D eigenvalue weighted by atomic mass is 10.3. The van der Waals surface area contributed by atoms with E-state index in [1.54, 1.807) is 30.3 Å². The third-order valence-corrected chi connectivity index (χ3v) is 5.27. The first-order valence-electron chi connectivity index (χ1n) is 6.49. The standard InChI is InChI=1S/C13H18N2O4S/c16-13(17)6-7-14-8-10-15(11-9-14)20(18,19)12-4-2-1-3-5-12/h1-5H,6-11H2,(H,16,17). The lowest BCUT2D eigenvalue weighted by molar-refractivity contribution is -0.137. The monoisotopic (exact) mass is 298 g/mol. The largest absolute Gasteiger partial charge is 0.481 e. The number of hydrogen-bond acceptors (Lipinski definition) is 4. The minimum atomic E-state index is -3.43. The minimum Gasteiger partial charge on any atom is -0.481 e. The van der Waals surface area contributed by atoms with Crippen molar-refractivity contribution in [3.63, 3.8) is 0 Å². The number of benzene rings is 1. The van der Waals surface area contributed by atoms with Gasteiger partial charge in [0, 0.05) is 32.7 Å². The van der Waals surface area contributed by atoms with Crippen molar-refractivity contribution < 1.29 is 18.3 Å². The molecule has 1 fully saturated rings. The molecule has 0 unspecified atom stereocenters. The molecule has 1 heterocycles. The first-order valence-corrected chi connectivity index (χ1v) is 7.93. The molecule has 0 amide bonds. The molecule has 0 spiro atoms. The third-order valence-electron chi connectivity index (χ3n) is 3.35. The smallest absolute Gasteiger partial charge is 0.304 e. The van der Waals surface area contributed by atoms with E-state index in [-0.39, 0.29) is 6.42 Å². The second kappa shape index (κ2) is 6.34. The van der Waals surface area contributed by atoms with E-state index in [9.17, 15) is 13.2 Å². The van der Waals surface area contributed by atoms with E-state index in [1.807, 2.05) is 4.90 Å². The maximum Gasteiger partial charge on any atom is 0.304 e. The Hall–Kier alpha value is -1.44. The molecule has 6 nitrogen and oxygen atoms in total. The van der Waals surface area contributed by atoms with Crippen LogP contribution in [0.2, 0.25) is 0 Å². The zero-order valence-electron chi connectivity index (χ0n) is 11.1. The molecule has 0 atom stereocenters. The van der Waals surface area contributed by atoms with Gasteiger partial charge in [-0.05, 0) is 12.1 Å². The van der Waals surface area contributed by atoms with Crippen LogP contribution < -0.4 is 0 Å². The average molecular weight is 298 g/mol. The van der Waals surface area contributed by atoms with Crippen molar-refractivity contribution in [3.05, 3.63) is 30.3 Å². The van der Waals surface area contributed by atoms with Gasteiger partial charge >= 0.3 is 5.97 Å². The van der Waals surface area contributed by atoms with Gasteiger partial charge in [-0.25, -0.2) is 8.42 Å². The minimum absolute atomic E-state index is 0.0887. The van der Waals surface area contributed by atoms with Crippen molar-refractivity contribution in [1.29, 1.82) is 0 Å². The first-order chi connectivity index (χ1) is 9.50. The molecule has 1 aromatic carbocycles. The number of rotatable bonds is 5. The van der Waals surface area contributed by atoms with Gasteiger partial charge < -0.3 is 10.0 Å². The van der Waals surface area contributed by atoms with Gasteiger partial charge in [0.15, 0.2) is 0 Å². The Bertz CT molecular complexity index is 551. The summed E-state index contributed by atoms with van der Waals surface area (Å²) >= 11 is 0. The molecular weight excluding hydrogens is 280 g/mol. The lowest BCUT2D eigenvalue weighted by Gasteiger charge is -2.33. The van der Waals surface area contributed by atoms with Gasteiger partial charge in [0.25, 0.3) is 0 Å². The molecular formula is C13H18N2O4S. The summed E-state index contributed by atoms with van der Waals surface area (Å²) in [5, 5.41) is 8.64. The highest BCUT2D eigenvalue weighted by atomic mass is 32.2. The fraction of sp³-hybridized carbons (Fsp3) is 0.462. The van der Waals surface area contributed by atoms with E-state index < -0.39 is 16.0 Å². The third kappa shape index (κ3) is 3.56. The van der Waals surface area contributed by atoms with Gasteiger partial charge in [-0.3, -0.25) is 4.79 Å². The molecule has 0 aliphatic carbocycles. The van der Waals surface area contributed by atoms with Crippen LogP contribution in [-0.2, 0) is 14.8 Å². The number of nitrogens with zero attached hydrogens (tertiary/aromatic N) is 2. The van der Waals surface area contributed by atoms with Crippen LogP contribution in [0.4, 0.5) is 0 Å². The summed E-state index contributed by atoms with van der Waals surface area (Å²) in [5.41, 5.74) is 0. The quantitative estimate of drug-likeness (QED) is 0.855. The van der Waals surface area contributed by atoms with Crippen molar-refractivity contribution in [1.82, 2.24) is 9.21 Å². The van der Waals surface area contributed by atoms with E-state index >= 15 is 0 Å². The van der Waals surface area contributed by atoms with Gasteiger partial charge in [-0.2, -0.15) is 4.31 Å². The summed E-state index contributed by atoms with van der Waals surface area (Å²) in [4.78, 5) is 12.8. The van der Waals surface area contributed by atoms with Crippen LogP contribution in [0.15, 0.2) is 35.2 Å². The van der Waals surface area contributed by atoms with E-state index in [1.165, 1.54) is 4.31 Å². The van der Waals surface area contributed by atoms with Gasteiger partial charge in [-0.15, -0.1) is 0 Å². The van der Waals surface area contributed by atoms with Crippen molar-refractivity contribution in [3.8, 4) is 0 Å². The van der Waals surface area contributed by atoms with Crippen molar-refractivity contribution in [2.45, 2.75) is 11.3 Å². The number of hydrogen-bond donors (Lipinski definition) is 1. The molecule has 0 aromatic heterocycles. The van der Waals surface area contributed by atoms with Crippen LogP contribution in [0.5, 0.6) is 0 Å². The molecule has 110 valence electrons. The fourth-order valence-electron chi connectivity index (χ4n) is 2.19. The molecule has 1 saturated heterocycles. The molecule has 1 N–H and O–H groups in total. The average Bonchev–Trinajstić information content (AvgIpc) is 2.46. The number of carboxylic acid groups (broad SMARTS) is 1. The number of aliphatic carboxylic acids is 1. The Morgan fingerprint density at radius 2 is 1.70 bits per heavy atom. The Balaban J connectivity index is 1.95. The number of carbonyl (C=O) groups is 1. The molecule has 7 heteroatoms. The van der Waals surface area contributed by atoms with E-state index in [0.717, 1.165) is 0 Å². The van der Waals surface area contributed by atoms with Gasteiger partial charge in [0.2, 0.25) is 10.0 Å². The molecule has 1 aromatic rings. The van der Waals surface area contributed by atoms with Crippen molar-refractivity contribution in [2.75, 3.05) is 32.7 Å². The zero-order valence-corrected chi connectivity index (χ0v) is 11.9. The van der Waals surface area contributed by atoms with Gasteiger partial charge in [0.1, 0.15) is 0 Å². The zero-order chi connectivity index (χ0) is 14.6. The summed E-state index contributed by atoms with van der Waals surface area (Å²) < 4.78 is 26.2. The summed E-state index contributed by atoms with van der Waals surface area (Å²) in [6.07, 6.45) is 0.0887. The van der Waals surface area contributed by atoms with Gasteiger partial charge in [-0.1, -0.05) is 18.2 Å². The predicted octanol–water partition coefficient (Wildman–Crippen LogP) is 0.468. The SMILES string of the molecule is O=C(O)CCN1CCN(S(=O)(=O)c2ccccc2)CC1. The highest BCUT2D eigenvalue weighted by Crippen LogP contribution is 2.17. The van der Waals surface area contributed by atoms with Crippen molar-refractivity contribution >= 4 is 16.0 Å². The van der Waals surface area contributed by atoms with Crippen LogP contribution in [0.3, 0.4) is 0 Å². The molecule has 1 aliphatic heterocycles. The Labute approximate surface area is 118 Å². The maximum absolute atomic E-state index is 12.4. The molecule has 0 saturated carbocycles. The highest BCUT2D eigenvalue weighted by Gasteiger charge is 2.28. The number of piperazine rings is 1. The van der Waals surface area contributed by atoms with E-state index in [2.05, 4.69) is 0 Å². The van der Waals surface area contributed by atoms with E-state index in [0.29, 0.717) is 37.6 Å². The van der Waals surface area contributed by atoms with Crippen LogP contribution in [-0.4, -0.2) is 61.4 Å². The number of sulfonamides is 1. The summed E-state index contributed by atoms with van der Waals surface area (Å²) in [7, 11) is -3.43. The fourth-order valence-corrected chi connectivity index (χ4v) is 3.63. The van der Waals surface area contributed by atoms with Gasteiger partial charge in [0.05, 0.1) is 11.3 Å². The Morgan fingerprint density at radius 1 is 1.10 bits per heavy atom. The topological polar surface area (TPSA) is 77.9 Å². The predicted molar refractivity (Wildman–Crippen MR) is 73.9 cm³/mol. The first kappa shape index (κ1) is 15.0. The molecule has 2 rings (SSSR count). The lowest BCUT2D eigenvalue weighted by Crippen LogP contribution is -2.48. The second-order valence-electron chi connectivity index (χ2n) is 4.70. The Kier molecular flexibility index (Phi) is 4.74. The van der Waals surface area contributed by atoms with E-state index in [4.69, 9.17) is 5.11 Å². The van der Waals surface area contributed by atoms with Crippen molar-refractivity contribution in [2.24, 2.45) is 0 Å². The van der Waals surface area contributed by atoms with Crippen LogP contribution in [0.1, 0.15) is 6.42 Å². The normalized spacial score (nSPS) is 18.0. The summed E-state index contributed by atoms with van der Waals surface area (Å²) in [6, 6.07) is 8.37. The molecule has 0 radical (unpaired) electrons. The van der Waals surface area contributed by atoms with Crippen LogP contribution >= 0.6 is 0 Å². The number of carboxylic acids is 1.